The molecule has 1 aliphatic heterocycles. The highest BCUT2D eigenvalue weighted by Crippen LogP contribution is 2.22. The third-order valence-electron chi connectivity index (χ3n) is 5.34. The SMILES string of the molecule is N#Cc1ccc(N2CCC(Nc3ccc4nnc(-c5ccccc5)n4n3)CC2)nc1. The summed E-state index contributed by atoms with van der Waals surface area (Å²) >= 11 is 0. The van der Waals surface area contributed by atoms with Crippen molar-refractivity contribution in [1.29, 1.82) is 5.26 Å². The van der Waals surface area contributed by atoms with Crippen LogP contribution in [0.4, 0.5) is 11.6 Å². The van der Waals surface area contributed by atoms with Crippen molar-refractivity contribution in [3.05, 3.63) is 66.4 Å². The Morgan fingerprint density at radius 2 is 1.80 bits per heavy atom. The second kappa shape index (κ2) is 7.79. The van der Waals surface area contributed by atoms with Gasteiger partial charge >= 0.3 is 0 Å². The molecule has 0 amide bonds. The fraction of sp³-hybridized carbons (Fsp3) is 0.227. The minimum atomic E-state index is 0.334. The monoisotopic (exact) mass is 396 g/mol. The van der Waals surface area contributed by atoms with Crippen LogP contribution in [0.5, 0.6) is 0 Å². The Hall–Kier alpha value is -3.99. The third kappa shape index (κ3) is 3.53. The second-order valence-electron chi connectivity index (χ2n) is 7.30. The summed E-state index contributed by atoms with van der Waals surface area (Å²) in [6.07, 6.45) is 3.59. The Morgan fingerprint density at radius 1 is 0.967 bits per heavy atom. The van der Waals surface area contributed by atoms with Crippen molar-refractivity contribution in [2.24, 2.45) is 0 Å². The quantitative estimate of drug-likeness (QED) is 0.566. The molecule has 30 heavy (non-hydrogen) atoms. The molecule has 4 aromatic rings. The predicted molar refractivity (Wildman–Crippen MR) is 114 cm³/mol. The van der Waals surface area contributed by atoms with E-state index in [1.54, 1.807) is 10.7 Å². The van der Waals surface area contributed by atoms with E-state index in [4.69, 9.17) is 10.4 Å². The zero-order valence-corrected chi connectivity index (χ0v) is 16.3. The van der Waals surface area contributed by atoms with E-state index in [0.717, 1.165) is 54.6 Å². The zero-order valence-electron chi connectivity index (χ0n) is 16.3. The largest absolute Gasteiger partial charge is 0.366 e. The minimum Gasteiger partial charge on any atom is -0.366 e. The van der Waals surface area contributed by atoms with Crippen molar-refractivity contribution < 1.29 is 0 Å². The van der Waals surface area contributed by atoms with Gasteiger partial charge in [0.25, 0.3) is 0 Å². The van der Waals surface area contributed by atoms with Crippen LogP contribution >= 0.6 is 0 Å². The number of rotatable bonds is 4. The van der Waals surface area contributed by atoms with Gasteiger partial charge < -0.3 is 10.2 Å². The standard InChI is InChI=1S/C22H20N8/c23-14-16-6-8-20(24-15-16)29-12-10-18(11-13-29)25-19-7-9-21-26-27-22(30(21)28-19)17-4-2-1-3-5-17/h1-9,15,18H,10-13H2,(H,25,28). The van der Waals surface area contributed by atoms with E-state index in [1.807, 2.05) is 54.6 Å². The van der Waals surface area contributed by atoms with Gasteiger partial charge in [-0.15, -0.1) is 15.3 Å². The topological polar surface area (TPSA) is 95.0 Å². The van der Waals surface area contributed by atoms with Gasteiger partial charge in [-0.25, -0.2) is 4.98 Å². The van der Waals surface area contributed by atoms with Crippen LogP contribution in [0.25, 0.3) is 17.0 Å². The molecule has 1 fully saturated rings. The summed E-state index contributed by atoms with van der Waals surface area (Å²) in [7, 11) is 0. The van der Waals surface area contributed by atoms with E-state index >= 15 is 0 Å². The minimum absolute atomic E-state index is 0.334. The summed E-state index contributed by atoms with van der Waals surface area (Å²) in [5.41, 5.74) is 2.29. The number of pyridine rings is 1. The lowest BCUT2D eigenvalue weighted by Gasteiger charge is -2.33. The summed E-state index contributed by atoms with van der Waals surface area (Å²) in [5, 5.41) is 25.7. The number of piperidine rings is 1. The molecule has 0 radical (unpaired) electrons. The van der Waals surface area contributed by atoms with E-state index < -0.39 is 0 Å². The first-order valence-electron chi connectivity index (χ1n) is 9.96. The summed E-state index contributed by atoms with van der Waals surface area (Å²) < 4.78 is 1.79. The molecule has 1 saturated heterocycles. The molecule has 1 aromatic carbocycles. The molecule has 0 spiro atoms. The molecule has 148 valence electrons. The number of fused-ring (bicyclic) bond motifs is 1. The second-order valence-corrected chi connectivity index (χ2v) is 7.30. The number of benzene rings is 1. The normalized spacial score (nSPS) is 14.6. The summed E-state index contributed by atoms with van der Waals surface area (Å²) in [4.78, 5) is 6.66. The van der Waals surface area contributed by atoms with Crippen molar-refractivity contribution in [3.63, 3.8) is 0 Å². The van der Waals surface area contributed by atoms with Gasteiger partial charge in [0.15, 0.2) is 11.5 Å². The van der Waals surface area contributed by atoms with Crippen LogP contribution in [0.2, 0.25) is 0 Å². The van der Waals surface area contributed by atoms with E-state index in [9.17, 15) is 0 Å². The Kier molecular flexibility index (Phi) is 4.69. The molecule has 0 atom stereocenters. The van der Waals surface area contributed by atoms with E-state index in [2.05, 4.69) is 31.5 Å². The smallest absolute Gasteiger partial charge is 0.185 e. The Morgan fingerprint density at radius 3 is 2.53 bits per heavy atom. The number of aromatic nitrogens is 5. The fourth-order valence-corrected chi connectivity index (χ4v) is 3.73. The van der Waals surface area contributed by atoms with Crippen molar-refractivity contribution in [2.75, 3.05) is 23.3 Å². The van der Waals surface area contributed by atoms with Crippen LogP contribution in [-0.2, 0) is 0 Å². The number of nitrogens with zero attached hydrogens (tertiary/aromatic N) is 7. The summed E-state index contributed by atoms with van der Waals surface area (Å²) in [6, 6.07) is 20.0. The van der Waals surface area contributed by atoms with Gasteiger partial charge in [0.1, 0.15) is 17.7 Å². The Labute approximate surface area is 173 Å². The van der Waals surface area contributed by atoms with Gasteiger partial charge in [-0.05, 0) is 37.1 Å². The van der Waals surface area contributed by atoms with Gasteiger partial charge in [-0.3, -0.25) is 0 Å². The number of nitriles is 1. The van der Waals surface area contributed by atoms with Gasteiger partial charge in [-0.1, -0.05) is 30.3 Å². The average Bonchev–Trinajstić information content (AvgIpc) is 3.24. The molecular formula is C22H20N8. The van der Waals surface area contributed by atoms with Crippen LogP contribution in [-0.4, -0.2) is 43.9 Å². The Bertz CT molecular complexity index is 1190. The maximum Gasteiger partial charge on any atom is 0.185 e. The van der Waals surface area contributed by atoms with E-state index in [-0.39, 0.29) is 0 Å². The highest BCUT2D eigenvalue weighted by molar-refractivity contribution is 5.59. The first kappa shape index (κ1) is 18.1. The summed E-state index contributed by atoms with van der Waals surface area (Å²) in [5.74, 6) is 2.47. The van der Waals surface area contributed by atoms with E-state index in [0.29, 0.717) is 11.6 Å². The third-order valence-corrected chi connectivity index (χ3v) is 5.34. The van der Waals surface area contributed by atoms with Gasteiger partial charge in [0, 0.05) is 30.9 Å². The lowest BCUT2D eigenvalue weighted by atomic mass is 10.0. The molecular weight excluding hydrogens is 376 g/mol. The number of hydrogen-bond donors (Lipinski definition) is 1. The number of nitrogens with one attached hydrogen (secondary N) is 1. The molecule has 0 bridgehead atoms. The van der Waals surface area contributed by atoms with Gasteiger partial charge in [-0.2, -0.15) is 9.78 Å². The van der Waals surface area contributed by atoms with Crippen molar-refractivity contribution in [1.82, 2.24) is 24.8 Å². The first-order valence-corrected chi connectivity index (χ1v) is 9.96. The van der Waals surface area contributed by atoms with Gasteiger partial charge in [0.2, 0.25) is 0 Å². The first-order chi connectivity index (χ1) is 14.8. The van der Waals surface area contributed by atoms with Crippen LogP contribution in [0, 0.1) is 11.3 Å². The van der Waals surface area contributed by atoms with Crippen LogP contribution in [0.1, 0.15) is 18.4 Å². The maximum absolute atomic E-state index is 8.92. The van der Waals surface area contributed by atoms with Crippen molar-refractivity contribution in [2.45, 2.75) is 18.9 Å². The van der Waals surface area contributed by atoms with Crippen molar-refractivity contribution in [3.8, 4) is 17.5 Å². The highest BCUT2D eigenvalue weighted by atomic mass is 15.4. The Balaban J connectivity index is 1.28. The van der Waals surface area contributed by atoms with Crippen LogP contribution < -0.4 is 10.2 Å². The fourth-order valence-electron chi connectivity index (χ4n) is 3.73. The molecule has 8 heteroatoms. The molecule has 1 N–H and O–H groups in total. The molecule has 4 heterocycles. The van der Waals surface area contributed by atoms with Gasteiger partial charge in [0.05, 0.1) is 5.56 Å². The summed E-state index contributed by atoms with van der Waals surface area (Å²) in [6.45, 7) is 1.81. The molecule has 5 rings (SSSR count). The van der Waals surface area contributed by atoms with Crippen LogP contribution in [0.3, 0.4) is 0 Å². The van der Waals surface area contributed by atoms with E-state index in [1.165, 1.54) is 0 Å². The van der Waals surface area contributed by atoms with Crippen molar-refractivity contribution >= 4 is 17.3 Å². The lowest BCUT2D eigenvalue weighted by molar-refractivity contribution is 0.521. The molecule has 1 aliphatic rings. The number of hydrogen-bond acceptors (Lipinski definition) is 7. The molecule has 0 unspecified atom stereocenters. The molecule has 8 nitrogen and oxygen atoms in total. The average molecular weight is 396 g/mol. The van der Waals surface area contributed by atoms with Crippen LogP contribution in [0.15, 0.2) is 60.8 Å². The maximum atomic E-state index is 8.92. The molecule has 3 aromatic heterocycles. The predicted octanol–water partition coefficient (Wildman–Crippen LogP) is 3.14. The number of anilines is 2. The highest BCUT2D eigenvalue weighted by Gasteiger charge is 2.21. The molecule has 0 aliphatic carbocycles. The lowest BCUT2D eigenvalue weighted by Crippen LogP contribution is -2.39. The molecule has 0 saturated carbocycles. The zero-order chi connectivity index (χ0) is 20.3.